The Morgan fingerprint density at radius 3 is 2.30 bits per heavy atom. The van der Waals surface area contributed by atoms with Crippen LogP contribution < -0.4 is 14.2 Å². The van der Waals surface area contributed by atoms with Crippen molar-refractivity contribution in [1.82, 2.24) is 0 Å². The fourth-order valence-electron chi connectivity index (χ4n) is 1.97. The van der Waals surface area contributed by atoms with Gasteiger partial charge in [-0.25, -0.2) is 4.79 Å². The van der Waals surface area contributed by atoms with Crippen LogP contribution in [0.25, 0.3) is 0 Å². The van der Waals surface area contributed by atoms with E-state index in [2.05, 4.69) is 0 Å². The highest BCUT2D eigenvalue weighted by atomic mass is 16.5. The Hall–Kier alpha value is -2.69. The molecule has 0 atom stereocenters. The molecule has 0 bridgehead atoms. The zero-order valence-corrected chi connectivity index (χ0v) is 13.2. The molecule has 0 unspecified atom stereocenters. The molecule has 2 rings (SSSR count). The lowest BCUT2D eigenvalue weighted by molar-refractivity contribution is 0.0696. The molecule has 0 radical (unpaired) electrons. The first-order chi connectivity index (χ1) is 11.1. The molecular weight excluding hydrogens is 296 g/mol. The van der Waals surface area contributed by atoms with Gasteiger partial charge in [-0.2, -0.15) is 0 Å². The van der Waals surface area contributed by atoms with Crippen LogP contribution in [0.5, 0.6) is 17.2 Å². The molecule has 0 fully saturated rings. The van der Waals surface area contributed by atoms with Gasteiger partial charge in [-0.15, -0.1) is 0 Å². The number of hydrogen-bond acceptors (Lipinski definition) is 4. The van der Waals surface area contributed by atoms with Gasteiger partial charge in [-0.1, -0.05) is 17.7 Å². The van der Waals surface area contributed by atoms with Crippen molar-refractivity contribution >= 4 is 5.97 Å². The SMILES string of the molecule is CCOc1cc(C(=O)O)ccc1OCCOc1ccc(C)cc1. The second kappa shape index (κ2) is 8.08. The molecule has 0 aliphatic heterocycles. The zero-order chi connectivity index (χ0) is 16.7. The minimum atomic E-state index is -1.000. The monoisotopic (exact) mass is 316 g/mol. The molecule has 5 nitrogen and oxygen atoms in total. The van der Waals surface area contributed by atoms with Crippen molar-refractivity contribution in [2.24, 2.45) is 0 Å². The Balaban J connectivity index is 1.91. The average Bonchev–Trinajstić information content (AvgIpc) is 2.54. The van der Waals surface area contributed by atoms with Crippen LogP contribution in [-0.4, -0.2) is 30.9 Å². The zero-order valence-electron chi connectivity index (χ0n) is 13.2. The van der Waals surface area contributed by atoms with Gasteiger partial charge in [0.1, 0.15) is 19.0 Å². The van der Waals surface area contributed by atoms with Gasteiger partial charge >= 0.3 is 5.97 Å². The Morgan fingerprint density at radius 1 is 0.957 bits per heavy atom. The molecule has 0 aliphatic carbocycles. The third-order valence-corrected chi connectivity index (χ3v) is 3.12. The van der Waals surface area contributed by atoms with Gasteiger partial charge in [0.15, 0.2) is 11.5 Å². The van der Waals surface area contributed by atoms with Gasteiger partial charge in [0.25, 0.3) is 0 Å². The van der Waals surface area contributed by atoms with E-state index in [1.54, 1.807) is 6.07 Å². The molecular formula is C18H20O5. The van der Waals surface area contributed by atoms with E-state index in [1.165, 1.54) is 17.7 Å². The summed E-state index contributed by atoms with van der Waals surface area (Å²) >= 11 is 0. The predicted molar refractivity (Wildman–Crippen MR) is 86.7 cm³/mol. The van der Waals surface area contributed by atoms with Crippen LogP contribution in [0.15, 0.2) is 42.5 Å². The highest BCUT2D eigenvalue weighted by molar-refractivity contribution is 5.88. The first-order valence-electron chi connectivity index (χ1n) is 7.42. The quantitative estimate of drug-likeness (QED) is 0.755. The fraction of sp³-hybridized carbons (Fsp3) is 0.278. The Labute approximate surface area is 135 Å². The van der Waals surface area contributed by atoms with E-state index in [4.69, 9.17) is 19.3 Å². The van der Waals surface area contributed by atoms with E-state index >= 15 is 0 Å². The van der Waals surface area contributed by atoms with Crippen molar-refractivity contribution in [3.8, 4) is 17.2 Å². The molecule has 5 heteroatoms. The van der Waals surface area contributed by atoms with Gasteiger partial charge in [0.2, 0.25) is 0 Å². The van der Waals surface area contributed by atoms with E-state index in [-0.39, 0.29) is 5.56 Å². The van der Waals surface area contributed by atoms with Crippen molar-refractivity contribution in [1.29, 1.82) is 0 Å². The smallest absolute Gasteiger partial charge is 0.335 e. The number of carboxylic acid groups (broad SMARTS) is 1. The number of hydrogen-bond donors (Lipinski definition) is 1. The molecule has 0 amide bonds. The van der Waals surface area contributed by atoms with Gasteiger partial charge in [0.05, 0.1) is 12.2 Å². The average molecular weight is 316 g/mol. The van der Waals surface area contributed by atoms with Crippen LogP contribution in [-0.2, 0) is 0 Å². The lowest BCUT2D eigenvalue weighted by Crippen LogP contribution is -2.10. The first-order valence-corrected chi connectivity index (χ1v) is 7.42. The van der Waals surface area contributed by atoms with E-state index in [0.29, 0.717) is 31.3 Å². The minimum Gasteiger partial charge on any atom is -0.490 e. The normalized spacial score (nSPS) is 10.2. The number of benzene rings is 2. The highest BCUT2D eigenvalue weighted by Gasteiger charge is 2.10. The second-order valence-electron chi connectivity index (χ2n) is 4.91. The molecule has 0 heterocycles. The first kappa shape index (κ1) is 16.7. The topological polar surface area (TPSA) is 65.0 Å². The third kappa shape index (κ3) is 4.92. The van der Waals surface area contributed by atoms with E-state index in [0.717, 1.165) is 5.75 Å². The maximum atomic E-state index is 11.0. The van der Waals surface area contributed by atoms with Crippen LogP contribution in [0.1, 0.15) is 22.8 Å². The third-order valence-electron chi connectivity index (χ3n) is 3.12. The summed E-state index contributed by atoms with van der Waals surface area (Å²) < 4.78 is 16.6. The van der Waals surface area contributed by atoms with Gasteiger partial charge in [-0.05, 0) is 44.2 Å². The van der Waals surface area contributed by atoms with Crippen LogP contribution in [0.3, 0.4) is 0 Å². The minimum absolute atomic E-state index is 0.164. The molecule has 1 N–H and O–H groups in total. The van der Waals surface area contributed by atoms with Crippen molar-refractivity contribution in [2.75, 3.05) is 19.8 Å². The number of carbonyl (C=O) groups is 1. The predicted octanol–water partition coefficient (Wildman–Crippen LogP) is 3.55. The largest absolute Gasteiger partial charge is 0.490 e. The highest BCUT2D eigenvalue weighted by Crippen LogP contribution is 2.28. The lowest BCUT2D eigenvalue weighted by atomic mass is 10.2. The summed E-state index contributed by atoms with van der Waals surface area (Å²) in [7, 11) is 0. The number of aromatic carboxylic acids is 1. The van der Waals surface area contributed by atoms with E-state index < -0.39 is 5.97 Å². The number of aryl methyl sites for hydroxylation is 1. The van der Waals surface area contributed by atoms with Crippen LogP contribution >= 0.6 is 0 Å². The summed E-state index contributed by atoms with van der Waals surface area (Å²) in [4.78, 5) is 11.0. The molecule has 2 aromatic carbocycles. The summed E-state index contributed by atoms with van der Waals surface area (Å²) in [6.45, 7) is 5.00. The van der Waals surface area contributed by atoms with Crippen LogP contribution in [0.4, 0.5) is 0 Å². The van der Waals surface area contributed by atoms with Gasteiger partial charge in [0, 0.05) is 0 Å². The van der Waals surface area contributed by atoms with E-state index in [9.17, 15) is 4.79 Å². The summed E-state index contributed by atoms with van der Waals surface area (Å²) in [5.74, 6) is 0.706. The summed E-state index contributed by atoms with van der Waals surface area (Å²) in [5.41, 5.74) is 1.34. The van der Waals surface area contributed by atoms with Crippen LogP contribution in [0, 0.1) is 6.92 Å². The molecule has 0 saturated heterocycles. The maximum absolute atomic E-state index is 11.0. The standard InChI is InChI=1S/C18H20O5/c1-3-21-17-12-14(18(19)20)6-9-16(17)23-11-10-22-15-7-4-13(2)5-8-15/h4-9,12H,3,10-11H2,1-2H3,(H,19,20). The number of ether oxygens (including phenoxy) is 3. The van der Waals surface area contributed by atoms with Gasteiger partial charge in [-0.3, -0.25) is 0 Å². The molecule has 2 aromatic rings. The molecule has 0 aromatic heterocycles. The van der Waals surface area contributed by atoms with E-state index in [1.807, 2.05) is 38.1 Å². The Morgan fingerprint density at radius 2 is 1.65 bits per heavy atom. The fourth-order valence-corrected chi connectivity index (χ4v) is 1.97. The Kier molecular flexibility index (Phi) is 5.86. The van der Waals surface area contributed by atoms with Crippen molar-refractivity contribution in [2.45, 2.75) is 13.8 Å². The second-order valence-corrected chi connectivity index (χ2v) is 4.91. The summed E-state index contributed by atoms with van der Waals surface area (Å²) in [5, 5.41) is 9.01. The number of carboxylic acids is 1. The molecule has 0 saturated carbocycles. The molecule has 0 spiro atoms. The van der Waals surface area contributed by atoms with Crippen molar-refractivity contribution in [3.63, 3.8) is 0 Å². The van der Waals surface area contributed by atoms with Gasteiger partial charge < -0.3 is 19.3 Å². The number of rotatable bonds is 8. The van der Waals surface area contributed by atoms with Crippen molar-refractivity contribution < 1.29 is 24.1 Å². The van der Waals surface area contributed by atoms with Crippen molar-refractivity contribution in [3.05, 3.63) is 53.6 Å². The summed E-state index contributed by atoms with van der Waals surface area (Å²) in [6, 6.07) is 12.3. The molecule has 122 valence electrons. The maximum Gasteiger partial charge on any atom is 0.335 e. The molecule has 23 heavy (non-hydrogen) atoms. The summed E-state index contributed by atoms with van der Waals surface area (Å²) in [6.07, 6.45) is 0. The molecule has 0 aliphatic rings. The van der Waals surface area contributed by atoms with Crippen LogP contribution in [0.2, 0.25) is 0 Å². The lowest BCUT2D eigenvalue weighted by Gasteiger charge is -2.13. The Bertz CT molecular complexity index is 649.